The Kier molecular flexibility index (Phi) is 8.93. The van der Waals surface area contributed by atoms with Crippen LogP contribution >= 0.6 is 0 Å². The van der Waals surface area contributed by atoms with Crippen LogP contribution in [0.25, 0.3) is 11.3 Å². The molecule has 3 aromatic rings. The van der Waals surface area contributed by atoms with Crippen molar-refractivity contribution < 1.29 is 33.4 Å². The van der Waals surface area contributed by atoms with Gasteiger partial charge in [0.05, 0.1) is 20.3 Å². The predicted molar refractivity (Wildman–Crippen MR) is 139 cm³/mol. The zero-order valence-corrected chi connectivity index (χ0v) is 21.7. The summed E-state index contributed by atoms with van der Waals surface area (Å²) in [7, 11) is 1.66. The molecule has 0 fully saturated rings. The number of carboxylic acids is 1. The van der Waals surface area contributed by atoms with Gasteiger partial charge in [-0.2, -0.15) is 0 Å². The van der Waals surface area contributed by atoms with E-state index < -0.39 is 12.1 Å². The molecule has 0 radical (unpaired) electrons. The zero-order chi connectivity index (χ0) is 26.2. The Morgan fingerprint density at radius 1 is 1.03 bits per heavy atom. The topological polar surface area (TPSA) is 100 Å². The van der Waals surface area contributed by atoms with Crippen molar-refractivity contribution in [1.29, 1.82) is 0 Å². The first kappa shape index (κ1) is 26.4. The molecular formula is C29H35NO7. The van der Waals surface area contributed by atoms with E-state index in [1.54, 1.807) is 13.4 Å². The van der Waals surface area contributed by atoms with E-state index in [1.807, 2.05) is 30.3 Å². The molecule has 198 valence electrons. The average Bonchev–Trinajstić information content (AvgIpc) is 3.44. The van der Waals surface area contributed by atoms with Crippen molar-refractivity contribution in [3.8, 4) is 34.3 Å². The number of hydrogen-bond donors (Lipinski definition) is 1. The Balaban J connectivity index is 1.41. The first-order chi connectivity index (χ1) is 18.1. The van der Waals surface area contributed by atoms with Crippen molar-refractivity contribution >= 4 is 5.97 Å². The van der Waals surface area contributed by atoms with Crippen molar-refractivity contribution in [1.82, 2.24) is 5.16 Å². The van der Waals surface area contributed by atoms with Crippen LogP contribution in [0.15, 0.2) is 41.1 Å². The van der Waals surface area contributed by atoms with Gasteiger partial charge in [0.15, 0.2) is 6.10 Å². The molecule has 0 bridgehead atoms. The number of ether oxygens (including phenoxy) is 4. The van der Waals surface area contributed by atoms with Gasteiger partial charge < -0.3 is 28.6 Å². The average molecular weight is 510 g/mol. The van der Waals surface area contributed by atoms with Crippen LogP contribution in [-0.4, -0.2) is 42.7 Å². The van der Waals surface area contributed by atoms with E-state index in [2.05, 4.69) is 19.0 Å². The van der Waals surface area contributed by atoms with Crippen LogP contribution in [0.1, 0.15) is 56.2 Å². The molecule has 37 heavy (non-hydrogen) atoms. The summed E-state index contributed by atoms with van der Waals surface area (Å²) in [4.78, 5) is 11.5. The summed E-state index contributed by atoms with van der Waals surface area (Å²) < 4.78 is 28.9. The largest absolute Gasteiger partial charge is 0.496 e. The minimum absolute atomic E-state index is 0.467. The summed E-state index contributed by atoms with van der Waals surface area (Å²) >= 11 is 0. The molecule has 1 aliphatic heterocycles. The van der Waals surface area contributed by atoms with E-state index in [9.17, 15) is 9.90 Å². The molecule has 0 spiro atoms. The van der Waals surface area contributed by atoms with Gasteiger partial charge in [-0.25, -0.2) is 4.79 Å². The van der Waals surface area contributed by atoms with Crippen molar-refractivity contribution in [2.75, 3.05) is 20.3 Å². The first-order valence-corrected chi connectivity index (χ1v) is 13.0. The van der Waals surface area contributed by atoms with E-state index in [0.29, 0.717) is 38.2 Å². The number of hydrogen-bond acceptors (Lipinski definition) is 7. The zero-order valence-electron chi connectivity index (χ0n) is 21.7. The fourth-order valence-electron chi connectivity index (χ4n) is 4.73. The van der Waals surface area contributed by atoms with E-state index in [-0.39, 0.29) is 0 Å². The Labute approximate surface area is 217 Å². The van der Waals surface area contributed by atoms with E-state index in [4.69, 9.17) is 23.5 Å². The minimum Gasteiger partial charge on any atom is -0.496 e. The minimum atomic E-state index is -0.926. The normalized spacial score (nSPS) is 14.5. The highest BCUT2D eigenvalue weighted by Crippen LogP contribution is 2.40. The van der Waals surface area contributed by atoms with E-state index in [1.165, 1.54) is 0 Å². The van der Waals surface area contributed by atoms with Gasteiger partial charge in [-0.05, 0) is 49.4 Å². The smallest absolute Gasteiger partial charge is 0.344 e. The highest BCUT2D eigenvalue weighted by Gasteiger charge is 2.28. The van der Waals surface area contributed by atoms with Crippen LogP contribution in [0.2, 0.25) is 0 Å². The second-order valence-corrected chi connectivity index (χ2v) is 9.07. The van der Waals surface area contributed by atoms with Crippen molar-refractivity contribution in [3.63, 3.8) is 0 Å². The number of carbonyl (C=O) groups is 1. The lowest BCUT2D eigenvalue weighted by Crippen LogP contribution is -2.31. The SMILES string of the molecule is CCCc1c(OCCCOc2ccc(-c3ccon3)c(OC)c2CCC)ccc2c1OC(C(=O)O)CC2. The van der Waals surface area contributed by atoms with Crippen molar-refractivity contribution in [2.24, 2.45) is 0 Å². The number of benzene rings is 2. The van der Waals surface area contributed by atoms with Gasteiger partial charge in [-0.15, -0.1) is 0 Å². The van der Waals surface area contributed by atoms with Crippen LogP contribution in [0.3, 0.4) is 0 Å². The lowest BCUT2D eigenvalue weighted by molar-refractivity contribution is -0.145. The lowest BCUT2D eigenvalue weighted by Gasteiger charge is -2.26. The van der Waals surface area contributed by atoms with Gasteiger partial charge in [0, 0.05) is 29.2 Å². The van der Waals surface area contributed by atoms with E-state index in [0.717, 1.165) is 70.9 Å². The molecule has 1 N–H and O–H groups in total. The van der Waals surface area contributed by atoms with Gasteiger partial charge >= 0.3 is 5.97 Å². The van der Waals surface area contributed by atoms with Crippen LogP contribution in [-0.2, 0) is 24.1 Å². The third-order valence-corrected chi connectivity index (χ3v) is 6.45. The maximum absolute atomic E-state index is 11.5. The molecule has 2 aromatic carbocycles. The van der Waals surface area contributed by atoms with Crippen LogP contribution < -0.4 is 18.9 Å². The molecular weight excluding hydrogens is 474 g/mol. The van der Waals surface area contributed by atoms with Crippen LogP contribution in [0.4, 0.5) is 0 Å². The maximum atomic E-state index is 11.5. The number of fused-ring (bicyclic) bond motifs is 1. The van der Waals surface area contributed by atoms with Gasteiger partial charge in [-0.1, -0.05) is 37.9 Å². The van der Waals surface area contributed by atoms with Crippen LogP contribution in [0, 0.1) is 0 Å². The summed E-state index contributed by atoms with van der Waals surface area (Å²) in [6, 6.07) is 9.67. The summed E-state index contributed by atoms with van der Waals surface area (Å²) in [6.07, 6.45) is 6.02. The summed E-state index contributed by atoms with van der Waals surface area (Å²) in [6.45, 7) is 5.16. The third-order valence-electron chi connectivity index (χ3n) is 6.45. The number of aromatic nitrogens is 1. The molecule has 0 amide bonds. The highest BCUT2D eigenvalue weighted by atomic mass is 16.5. The van der Waals surface area contributed by atoms with Crippen molar-refractivity contribution in [2.45, 2.75) is 64.9 Å². The molecule has 0 saturated carbocycles. The summed E-state index contributed by atoms with van der Waals surface area (Å²) in [5.41, 5.74) is 4.60. The third kappa shape index (κ3) is 6.01. The summed E-state index contributed by atoms with van der Waals surface area (Å²) in [5, 5.41) is 13.5. The quantitative estimate of drug-likeness (QED) is 0.285. The predicted octanol–water partition coefficient (Wildman–Crippen LogP) is 5.88. The Morgan fingerprint density at radius 2 is 1.73 bits per heavy atom. The molecule has 2 heterocycles. The molecule has 1 aliphatic rings. The summed E-state index contributed by atoms with van der Waals surface area (Å²) in [5.74, 6) is 2.04. The molecule has 0 aliphatic carbocycles. The van der Waals surface area contributed by atoms with Gasteiger partial charge in [0.25, 0.3) is 0 Å². The van der Waals surface area contributed by atoms with Gasteiger partial charge in [-0.3, -0.25) is 0 Å². The Bertz CT molecular complexity index is 1190. The molecule has 0 saturated heterocycles. The molecule has 4 rings (SSSR count). The molecule has 1 atom stereocenters. The first-order valence-electron chi connectivity index (χ1n) is 13.0. The Morgan fingerprint density at radius 3 is 2.38 bits per heavy atom. The Hall–Kier alpha value is -3.68. The van der Waals surface area contributed by atoms with Gasteiger partial charge in [0.2, 0.25) is 0 Å². The number of methoxy groups -OCH3 is 1. The monoisotopic (exact) mass is 509 g/mol. The molecule has 1 unspecified atom stereocenters. The number of aliphatic carboxylic acids is 1. The molecule has 8 nitrogen and oxygen atoms in total. The number of aryl methyl sites for hydroxylation is 1. The molecule has 8 heteroatoms. The second kappa shape index (κ2) is 12.5. The van der Waals surface area contributed by atoms with Gasteiger partial charge in [0.1, 0.15) is 35.0 Å². The fraction of sp³-hybridized carbons (Fsp3) is 0.448. The van der Waals surface area contributed by atoms with Crippen LogP contribution in [0.5, 0.6) is 23.0 Å². The number of nitrogens with zero attached hydrogens (tertiary/aromatic N) is 1. The fourth-order valence-corrected chi connectivity index (χ4v) is 4.73. The maximum Gasteiger partial charge on any atom is 0.344 e. The lowest BCUT2D eigenvalue weighted by atomic mass is 9.96. The number of carboxylic acid groups (broad SMARTS) is 1. The number of rotatable bonds is 13. The van der Waals surface area contributed by atoms with E-state index >= 15 is 0 Å². The standard InChI is InChI=1S/C29H35NO7/c1-4-7-21-24(12-9-19-10-13-26(29(31)32)37-27(19)21)34-16-6-17-35-25-14-11-20(23-15-18-36-30-23)28(33-3)22(25)8-5-2/h9,11-12,14-15,18,26H,4-8,10,13,16-17H2,1-3H3,(H,31,32). The second-order valence-electron chi connectivity index (χ2n) is 9.07. The van der Waals surface area contributed by atoms with Crippen molar-refractivity contribution in [3.05, 3.63) is 53.3 Å². The highest BCUT2D eigenvalue weighted by molar-refractivity contribution is 5.74. The molecule has 1 aromatic heterocycles.